The van der Waals surface area contributed by atoms with Crippen molar-refractivity contribution in [2.75, 3.05) is 0 Å². The van der Waals surface area contributed by atoms with E-state index in [9.17, 15) is 13.6 Å². The van der Waals surface area contributed by atoms with Gasteiger partial charge < -0.3 is 9.47 Å². The number of nitrogens with one attached hydrogen (secondary N) is 1. The average molecular weight is 356 g/mol. The highest BCUT2D eigenvalue weighted by Crippen LogP contribution is 2.27. The van der Waals surface area contributed by atoms with Gasteiger partial charge in [-0.3, -0.25) is 0 Å². The Balaban J connectivity index is 1.99. The van der Waals surface area contributed by atoms with E-state index in [2.05, 4.69) is 38.2 Å². The van der Waals surface area contributed by atoms with Crippen LogP contribution >= 0.6 is 12.8 Å². The van der Waals surface area contributed by atoms with E-state index >= 15 is 0 Å². The van der Waals surface area contributed by atoms with Crippen molar-refractivity contribution in [2.24, 2.45) is 0 Å². The third kappa shape index (κ3) is 3.37. The molecule has 3 aromatic rings. The number of halogens is 2. The van der Waals surface area contributed by atoms with Crippen molar-refractivity contribution in [3.63, 3.8) is 0 Å². The number of benzene rings is 1. The normalized spacial score (nSPS) is 11.0. The molecule has 2 aromatic heterocycles. The maximum atomic E-state index is 12.6. The molecule has 126 valence electrons. The zero-order valence-corrected chi connectivity index (χ0v) is 12.7. The number of thiol groups is 1. The number of H-pyrrole nitrogens is 1. The number of hydrogen-bond acceptors (Lipinski definition) is 7. The molecular formula is C12H10F2N6O3S. The molecule has 1 N–H and O–H groups in total. The van der Waals surface area contributed by atoms with Crippen molar-refractivity contribution >= 4 is 12.8 Å². The second-order valence-electron chi connectivity index (χ2n) is 4.41. The van der Waals surface area contributed by atoms with Gasteiger partial charge in [-0.05, 0) is 35.4 Å². The number of hydrogen-bond donors (Lipinski definition) is 2. The van der Waals surface area contributed by atoms with E-state index in [4.69, 9.17) is 4.74 Å². The zero-order valence-electron chi connectivity index (χ0n) is 11.8. The van der Waals surface area contributed by atoms with Gasteiger partial charge in [-0.15, -0.1) is 5.10 Å². The van der Waals surface area contributed by atoms with Gasteiger partial charge in [-0.1, -0.05) is 6.07 Å². The van der Waals surface area contributed by atoms with Gasteiger partial charge in [-0.2, -0.15) is 13.5 Å². The van der Waals surface area contributed by atoms with E-state index in [1.807, 2.05) is 0 Å². The minimum absolute atomic E-state index is 0.150. The van der Waals surface area contributed by atoms with Crippen LogP contribution < -0.4 is 15.2 Å². The van der Waals surface area contributed by atoms with Crippen LogP contribution in [0.4, 0.5) is 8.78 Å². The van der Waals surface area contributed by atoms with Crippen molar-refractivity contribution in [3.8, 4) is 17.3 Å². The van der Waals surface area contributed by atoms with Crippen LogP contribution in [0.5, 0.6) is 11.6 Å². The predicted octanol–water partition coefficient (Wildman–Crippen LogP) is 1.03. The van der Waals surface area contributed by atoms with Crippen LogP contribution in [0.1, 0.15) is 5.56 Å². The summed E-state index contributed by atoms with van der Waals surface area (Å²) in [5, 5.41) is 13.0. The molecule has 0 fully saturated rings. The molecule has 0 unspecified atom stereocenters. The quantitative estimate of drug-likeness (QED) is 0.640. The number of aromatic amines is 1. The molecule has 1 aromatic carbocycles. The molecule has 0 aliphatic carbocycles. The summed E-state index contributed by atoms with van der Waals surface area (Å²) < 4.78 is 37.3. The fourth-order valence-corrected chi connectivity index (χ4v) is 2.14. The third-order valence-corrected chi connectivity index (χ3v) is 3.16. The molecule has 0 aliphatic rings. The van der Waals surface area contributed by atoms with Crippen molar-refractivity contribution in [1.82, 2.24) is 29.4 Å². The molecule has 0 spiro atoms. The summed E-state index contributed by atoms with van der Waals surface area (Å²) in [5.74, 6) is 0.0676. The van der Waals surface area contributed by atoms with Gasteiger partial charge in [-0.25, -0.2) is 14.0 Å². The van der Waals surface area contributed by atoms with Crippen molar-refractivity contribution in [1.29, 1.82) is 0 Å². The molecule has 0 saturated heterocycles. The maximum Gasteiger partial charge on any atom is 0.387 e. The SMILES string of the molecule is O=c1[nH]nnn1-c1cccc(OC(F)F)c1COc1ccn(S)n1. The smallest absolute Gasteiger partial charge is 0.387 e. The summed E-state index contributed by atoms with van der Waals surface area (Å²) in [4.78, 5) is 11.7. The number of ether oxygens (including phenoxy) is 2. The molecule has 0 amide bonds. The van der Waals surface area contributed by atoms with Crippen molar-refractivity contribution in [2.45, 2.75) is 13.2 Å². The first-order chi connectivity index (χ1) is 11.5. The minimum atomic E-state index is -3.04. The number of tetrazole rings is 1. The van der Waals surface area contributed by atoms with E-state index in [0.29, 0.717) is 0 Å². The fourth-order valence-electron chi connectivity index (χ4n) is 1.98. The first-order valence-corrected chi connectivity index (χ1v) is 6.90. The first kappa shape index (κ1) is 16.0. The molecule has 2 heterocycles. The molecular weight excluding hydrogens is 346 g/mol. The second-order valence-corrected chi connectivity index (χ2v) is 4.82. The Labute approximate surface area is 138 Å². The van der Waals surface area contributed by atoms with Gasteiger partial charge in [0.2, 0.25) is 5.88 Å². The standard InChI is InChI=1S/C12H10F2N6O3S/c13-11(14)23-9-3-1-2-8(20-12(21)15-17-18-20)7(9)6-22-10-4-5-19(24)16-10/h1-5,11,24H,6H2,(H,15,18,21). The van der Waals surface area contributed by atoms with Gasteiger partial charge in [0.15, 0.2) is 0 Å². The highest BCUT2D eigenvalue weighted by Gasteiger charge is 2.18. The summed E-state index contributed by atoms with van der Waals surface area (Å²) in [6, 6.07) is 5.81. The summed E-state index contributed by atoms with van der Waals surface area (Å²) >= 11 is 3.97. The molecule has 12 heteroatoms. The van der Waals surface area contributed by atoms with Crippen LogP contribution in [0.15, 0.2) is 35.3 Å². The van der Waals surface area contributed by atoms with E-state index in [0.717, 1.165) is 4.68 Å². The third-order valence-electron chi connectivity index (χ3n) is 2.94. The monoisotopic (exact) mass is 356 g/mol. The summed E-state index contributed by atoms with van der Waals surface area (Å²) in [7, 11) is 0. The molecule has 0 aliphatic heterocycles. The highest BCUT2D eigenvalue weighted by molar-refractivity contribution is 7.78. The molecule has 24 heavy (non-hydrogen) atoms. The summed E-state index contributed by atoms with van der Waals surface area (Å²) in [6.07, 6.45) is 1.53. The Bertz CT molecular complexity index is 893. The lowest BCUT2D eigenvalue weighted by atomic mass is 10.1. The van der Waals surface area contributed by atoms with Crippen LogP contribution in [0.25, 0.3) is 5.69 Å². The zero-order chi connectivity index (χ0) is 17.1. The largest absolute Gasteiger partial charge is 0.471 e. The van der Waals surface area contributed by atoms with Crippen LogP contribution in [0.2, 0.25) is 0 Å². The Morgan fingerprint density at radius 2 is 2.17 bits per heavy atom. The Hall–Kier alpha value is -2.89. The van der Waals surface area contributed by atoms with Crippen LogP contribution in [-0.2, 0) is 6.61 Å². The van der Waals surface area contributed by atoms with E-state index in [1.165, 1.54) is 34.5 Å². The van der Waals surface area contributed by atoms with Gasteiger partial charge in [0.05, 0.1) is 11.3 Å². The van der Waals surface area contributed by atoms with Gasteiger partial charge >= 0.3 is 12.3 Å². The Morgan fingerprint density at radius 3 is 2.79 bits per heavy atom. The number of alkyl halides is 2. The molecule has 0 atom stereocenters. The van der Waals surface area contributed by atoms with Crippen molar-refractivity contribution < 1.29 is 18.3 Å². The number of aromatic nitrogens is 6. The van der Waals surface area contributed by atoms with Crippen LogP contribution in [0, 0.1) is 0 Å². The topological polar surface area (TPSA) is 99.9 Å². The highest BCUT2D eigenvalue weighted by atomic mass is 32.1. The van der Waals surface area contributed by atoms with Crippen LogP contribution in [-0.4, -0.2) is 36.0 Å². The average Bonchev–Trinajstić information content (AvgIpc) is 3.13. The lowest BCUT2D eigenvalue weighted by Gasteiger charge is -2.14. The lowest BCUT2D eigenvalue weighted by molar-refractivity contribution is -0.0508. The fraction of sp³-hybridized carbons (Fsp3) is 0.167. The van der Waals surface area contributed by atoms with E-state index in [-0.39, 0.29) is 29.5 Å². The number of rotatable bonds is 6. The van der Waals surface area contributed by atoms with Crippen molar-refractivity contribution in [3.05, 3.63) is 46.5 Å². The summed E-state index contributed by atoms with van der Waals surface area (Å²) in [6.45, 7) is -3.23. The predicted molar refractivity (Wildman–Crippen MR) is 79.6 cm³/mol. The van der Waals surface area contributed by atoms with Gasteiger partial charge in [0, 0.05) is 12.3 Å². The maximum absolute atomic E-state index is 12.6. The Morgan fingerprint density at radius 1 is 1.33 bits per heavy atom. The molecule has 9 nitrogen and oxygen atoms in total. The minimum Gasteiger partial charge on any atom is -0.471 e. The first-order valence-electron chi connectivity index (χ1n) is 6.50. The summed E-state index contributed by atoms with van der Waals surface area (Å²) in [5.41, 5.74) is -0.259. The van der Waals surface area contributed by atoms with Gasteiger partial charge in [0.25, 0.3) is 0 Å². The number of nitrogens with zero attached hydrogens (tertiary/aromatic N) is 5. The lowest BCUT2D eigenvalue weighted by Crippen LogP contribution is -2.19. The molecule has 0 radical (unpaired) electrons. The van der Waals surface area contributed by atoms with Crippen LogP contribution in [0.3, 0.4) is 0 Å². The molecule has 0 saturated carbocycles. The van der Waals surface area contributed by atoms with Gasteiger partial charge in [0.1, 0.15) is 12.4 Å². The Kier molecular flexibility index (Phi) is 4.46. The van der Waals surface area contributed by atoms with E-state index in [1.54, 1.807) is 0 Å². The van der Waals surface area contributed by atoms with E-state index < -0.39 is 12.3 Å². The molecule has 3 rings (SSSR count). The molecule has 0 bridgehead atoms. The second kappa shape index (κ2) is 6.70.